The van der Waals surface area contributed by atoms with Crippen molar-refractivity contribution in [1.29, 1.82) is 0 Å². The number of hydrogen-bond donors (Lipinski definition) is 0. The van der Waals surface area contributed by atoms with Gasteiger partial charge in [0.2, 0.25) is 0 Å². The normalized spacial score (nSPS) is 12.2. The van der Waals surface area contributed by atoms with E-state index in [2.05, 4.69) is 157 Å². The fraction of sp³-hybridized carbons (Fsp3) is 0.273. The lowest BCUT2D eigenvalue weighted by molar-refractivity contribution is 0.478. The largest absolute Gasteiger partial charge is 0.457 e. The number of hydrogen-bond acceptors (Lipinski definition) is 3. The van der Waals surface area contributed by atoms with E-state index in [9.17, 15) is 0 Å². The van der Waals surface area contributed by atoms with Crippen molar-refractivity contribution in [2.45, 2.75) is 79.1 Å². The lowest BCUT2D eigenvalue weighted by atomic mass is 9.86. The number of pyridine rings is 1. The van der Waals surface area contributed by atoms with Crippen LogP contribution in [0.4, 0.5) is 0 Å². The van der Waals surface area contributed by atoms with Crippen molar-refractivity contribution in [3.05, 3.63) is 132 Å². The van der Waals surface area contributed by atoms with E-state index in [1.165, 1.54) is 33.2 Å². The highest BCUT2D eigenvalue weighted by atomic mass is 16.5. The molecule has 0 saturated carbocycles. The summed E-state index contributed by atoms with van der Waals surface area (Å²) in [7, 11) is 0. The highest BCUT2D eigenvalue weighted by Crippen LogP contribution is 2.38. The maximum atomic E-state index is 6.74. The zero-order valence-electron chi connectivity index (χ0n) is 30.0. The Hall–Kier alpha value is -5.16. The van der Waals surface area contributed by atoms with Crippen LogP contribution in [0.2, 0.25) is 0 Å². The van der Waals surface area contributed by atoms with Crippen LogP contribution >= 0.6 is 0 Å². The Labute approximate surface area is 290 Å². The SMILES string of the molecule is CCc1cccc(CC)c1-c1cnn(-c2cc(Oc3ccc4c5ccccc5n(-c5cc(C(C)(C)C)ccn5)c4c3)cc(C(C)(C)C)c2)c1. The van der Waals surface area contributed by atoms with Gasteiger partial charge in [0.1, 0.15) is 17.3 Å². The van der Waals surface area contributed by atoms with Crippen LogP contribution in [0.1, 0.15) is 77.6 Å². The number of para-hydroxylation sites is 1. The number of aromatic nitrogens is 4. The molecule has 7 rings (SSSR count). The van der Waals surface area contributed by atoms with Gasteiger partial charge in [0.05, 0.1) is 22.9 Å². The number of aryl methyl sites for hydroxylation is 2. The van der Waals surface area contributed by atoms with Gasteiger partial charge in [0.15, 0.2) is 0 Å². The molecule has 4 aromatic carbocycles. The minimum atomic E-state index is -0.0889. The van der Waals surface area contributed by atoms with Crippen molar-refractivity contribution in [2.75, 3.05) is 0 Å². The van der Waals surface area contributed by atoms with Gasteiger partial charge in [-0.15, -0.1) is 0 Å². The number of ether oxygens (including phenoxy) is 1. The highest BCUT2D eigenvalue weighted by molar-refractivity contribution is 6.09. The molecule has 0 fully saturated rings. The van der Waals surface area contributed by atoms with Gasteiger partial charge in [0.25, 0.3) is 0 Å². The fourth-order valence-corrected chi connectivity index (χ4v) is 6.82. The maximum Gasteiger partial charge on any atom is 0.137 e. The molecule has 7 aromatic rings. The Morgan fingerprint density at radius 2 is 1.37 bits per heavy atom. The molecule has 0 unspecified atom stereocenters. The molecule has 0 aliphatic rings. The molecule has 0 aliphatic carbocycles. The zero-order valence-corrected chi connectivity index (χ0v) is 30.0. The maximum absolute atomic E-state index is 6.74. The molecule has 49 heavy (non-hydrogen) atoms. The summed E-state index contributed by atoms with van der Waals surface area (Å²) in [5, 5.41) is 7.22. The van der Waals surface area contributed by atoms with Crippen LogP contribution in [-0.4, -0.2) is 19.3 Å². The van der Waals surface area contributed by atoms with Gasteiger partial charge in [-0.1, -0.05) is 91.8 Å². The van der Waals surface area contributed by atoms with E-state index < -0.39 is 0 Å². The first-order valence-electron chi connectivity index (χ1n) is 17.4. The summed E-state index contributed by atoms with van der Waals surface area (Å²) in [6.07, 6.45) is 8.03. The molecule has 0 atom stereocenters. The van der Waals surface area contributed by atoms with Crippen LogP contribution in [0.3, 0.4) is 0 Å². The Morgan fingerprint density at radius 3 is 2.08 bits per heavy atom. The molecule has 0 amide bonds. The molecule has 0 radical (unpaired) electrons. The number of nitrogens with zero attached hydrogens (tertiary/aromatic N) is 4. The van der Waals surface area contributed by atoms with Crippen LogP contribution in [0.15, 0.2) is 110 Å². The predicted molar refractivity (Wildman–Crippen MR) is 204 cm³/mol. The second kappa shape index (κ2) is 12.4. The Morgan fingerprint density at radius 1 is 0.653 bits per heavy atom. The minimum Gasteiger partial charge on any atom is -0.457 e. The van der Waals surface area contributed by atoms with E-state index >= 15 is 0 Å². The standard InChI is InChI=1S/C44H46N4O/c1-9-29-14-13-15-30(10-2)42(29)31-27-46-47(28-31)34-22-33(44(6,7)8)23-36(25-34)49-35-18-19-38-37-16-11-12-17-39(37)48(40(38)26-35)41-24-32(20-21-45-41)43(3,4)5/h11-28H,9-10H2,1-8H3. The third-order valence-electron chi connectivity index (χ3n) is 9.61. The summed E-state index contributed by atoms with van der Waals surface area (Å²) in [5.74, 6) is 2.45. The smallest absolute Gasteiger partial charge is 0.137 e. The number of rotatable bonds is 7. The van der Waals surface area contributed by atoms with Crippen LogP contribution in [0, 0.1) is 0 Å². The highest BCUT2D eigenvalue weighted by Gasteiger charge is 2.20. The molecule has 0 aliphatic heterocycles. The third kappa shape index (κ3) is 6.14. The van der Waals surface area contributed by atoms with Crippen LogP contribution in [0.5, 0.6) is 11.5 Å². The average molecular weight is 647 g/mol. The first kappa shape index (κ1) is 32.4. The van der Waals surface area contributed by atoms with Crippen molar-refractivity contribution in [3.8, 4) is 34.1 Å². The summed E-state index contributed by atoms with van der Waals surface area (Å²) >= 11 is 0. The Kier molecular flexibility index (Phi) is 8.18. The summed E-state index contributed by atoms with van der Waals surface area (Å²) in [5.41, 5.74) is 10.6. The monoisotopic (exact) mass is 646 g/mol. The van der Waals surface area contributed by atoms with Crippen molar-refractivity contribution < 1.29 is 4.74 Å². The van der Waals surface area contributed by atoms with Gasteiger partial charge in [-0.25, -0.2) is 9.67 Å². The summed E-state index contributed by atoms with van der Waals surface area (Å²) in [6, 6.07) is 32.3. The van der Waals surface area contributed by atoms with Gasteiger partial charge in [0, 0.05) is 40.9 Å². The average Bonchev–Trinajstić information content (AvgIpc) is 3.70. The van der Waals surface area contributed by atoms with Gasteiger partial charge in [-0.3, -0.25) is 4.57 Å². The molecule has 3 aromatic heterocycles. The van der Waals surface area contributed by atoms with E-state index in [4.69, 9.17) is 14.8 Å². The van der Waals surface area contributed by atoms with Crippen molar-refractivity contribution in [2.24, 2.45) is 0 Å². The molecule has 248 valence electrons. The van der Waals surface area contributed by atoms with Crippen molar-refractivity contribution in [3.63, 3.8) is 0 Å². The topological polar surface area (TPSA) is 44.9 Å². The summed E-state index contributed by atoms with van der Waals surface area (Å²) < 4.78 is 11.0. The van der Waals surface area contributed by atoms with Crippen LogP contribution < -0.4 is 4.74 Å². The van der Waals surface area contributed by atoms with E-state index in [0.29, 0.717) is 0 Å². The lowest BCUT2D eigenvalue weighted by Gasteiger charge is -2.21. The quantitative estimate of drug-likeness (QED) is 0.173. The Bertz CT molecular complexity index is 2290. The molecule has 0 bridgehead atoms. The second-order valence-electron chi connectivity index (χ2n) is 15.1. The van der Waals surface area contributed by atoms with E-state index in [1.54, 1.807) is 0 Å². The molecule has 3 heterocycles. The molecular weight excluding hydrogens is 601 g/mol. The van der Waals surface area contributed by atoms with E-state index in [0.717, 1.165) is 57.8 Å². The molecule has 0 N–H and O–H groups in total. The molecule has 5 heteroatoms. The number of benzene rings is 4. The van der Waals surface area contributed by atoms with Gasteiger partial charge in [-0.05, 0) is 94.0 Å². The van der Waals surface area contributed by atoms with Gasteiger partial charge in [-0.2, -0.15) is 5.10 Å². The predicted octanol–water partition coefficient (Wildman–Crippen LogP) is 11.5. The van der Waals surface area contributed by atoms with Crippen molar-refractivity contribution in [1.82, 2.24) is 19.3 Å². The van der Waals surface area contributed by atoms with E-state index in [1.807, 2.05) is 17.1 Å². The lowest BCUT2D eigenvalue weighted by Crippen LogP contribution is -2.12. The van der Waals surface area contributed by atoms with Crippen LogP contribution in [0.25, 0.3) is 44.4 Å². The minimum absolute atomic E-state index is 0.00746. The van der Waals surface area contributed by atoms with Crippen LogP contribution in [-0.2, 0) is 23.7 Å². The zero-order chi connectivity index (χ0) is 34.5. The van der Waals surface area contributed by atoms with E-state index in [-0.39, 0.29) is 10.8 Å². The Balaban J connectivity index is 1.32. The second-order valence-corrected chi connectivity index (χ2v) is 15.1. The summed E-state index contributed by atoms with van der Waals surface area (Å²) in [4.78, 5) is 4.85. The first-order valence-corrected chi connectivity index (χ1v) is 17.4. The first-order chi connectivity index (χ1) is 23.4. The molecule has 5 nitrogen and oxygen atoms in total. The molecular formula is C44H46N4O. The van der Waals surface area contributed by atoms with Gasteiger partial charge >= 0.3 is 0 Å². The molecule has 0 saturated heterocycles. The van der Waals surface area contributed by atoms with Crippen molar-refractivity contribution >= 4 is 21.8 Å². The number of fused-ring (bicyclic) bond motifs is 3. The third-order valence-corrected chi connectivity index (χ3v) is 9.61. The molecule has 0 spiro atoms. The summed E-state index contributed by atoms with van der Waals surface area (Å²) in [6.45, 7) is 17.8. The van der Waals surface area contributed by atoms with Gasteiger partial charge < -0.3 is 4.74 Å². The fourth-order valence-electron chi connectivity index (χ4n) is 6.82.